The summed E-state index contributed by atoms with van der Waals surface area (Å²) in [6.45, 7) is 5.74. The number of carbonyl (C=O) groups is 1. The molecule has 4 heterocycles. The van der Waals surface area contributed by atoms with Crippen LogP contribution in [0.5, 0.6) is 5.88 Å². The van der Waals surface area contributed by atoms with Gasteiger partial charge in [0.2, 0.25) is 5.88 Å². The number of nitrogens with one attached hydrogen (secondary N) is 1. The maximum atomic E-state index is 13.2. The fourth-order valence-corrected chi connectivity index (χ4v) is 5.21. The molecule has 0 aromatic carbocycles. The molecule has 3 fully saturated rings. The Morgan fingerprint density at radius 2 is 1.80 bits per heavy atom. The summed E-state index contributed by atoms with van der Waals surface area (Å²) in [5.41, 5.74) is 1.06. The second kappa shape index (κ2) is 11.5. The number of imidazole rings is 1. The SMILES string of the molecule is Cn1cncc1-c1nc(OCC2CCOCC2)cc(C(=O)NC2CCC(N3CCOCC3)CC2)n1. The maximum absolute atomic E-state index is 13.2. The van der Waals surface area contributed by atoms with Crippen LogP contribution >= 0.6 is 0 Å². The molecule has 10 heteroatoms. The molecule has 0 spiro atoms. The Morgan fingerprint density at radius 3 is 2.51 bits per heavy atom. The third-order valence-corrected chi connectivity index (χ3v) is 7.38. The van der Waals surface area contributed by atoms with E-state index in [1.54, 1.807) is 18.6 Å². The highest BCUT2D eigenvalue weighted by Gasteiger charge is 2.28. The minimum absolute atomic E-state index is 0.154. The third-order valence-electron chi connectivity index (χ3n) is 7.38. The van der Waals surface area contributed by atoms with Gasteiger partial charge in [-0.2, -0.15) is 4.98 Å². The van der Waals surface area contributed by atoms with Gasteiger partial charge in [0.25, 0.3) is 5.91 Å². The van der Waals surface area contributed by atoms with Crippen molar-refractivity contribution in [3.8, 4) is 17.4 Å². The Bertz CT molecular complexity index is 978. The number of hydrogen-bond donors (Lipinski definition) is 1. The number of morpholine rings is 1. The first-order valence-corrected chi connectivity index (χ1v) is 12.8. The van der Waals surface area contributed by atoms with Crippen LogP contribution in [0.4, 0.5) is 0 Å². The number of nitrogens with zero attached hydrogens (tertiary/aromatic N) is 5. The molecule has 1 aliphatic carbocycles. The van der Waals surface area contributed by atoms with Crippen LogP contribution in [0.25, 0.3) is 11.5 Å². The lowest BCUT2D eigenvalue weighted by molar-refractivity contribution is 0.00664. The number of ether oxygens (including phenoxy) is 3. The normalized spacial score (nSPS) is 24.3. The number of aromatic nitrogens is 4. The molecular weight excluding hydrogens is 448 g/mol. The highest BCUT2D eigenvalue weighted by molar-refractivity contribution is 5.93. The molecule has 0 radical (unpaired) electrons. The minimum atomic E-state index is -0.179. The van der Waals surface area contributed by atoms with Gasteiger partial charge in [-0.05, 0) is 44.4 Å². The second-order valence-electron chi connectivity index (χ2n) is 9.80. The van der Waals surface area contributed by atoms with Crippen LogP contribution in [0.3, 0.4) is 0 Å². The van der Waals surface area contributed by atoms with E-state index in [9.17, 15) is 4.79 Å². The summed E-state index contributed by atoms with van der Waals surface area (Å²) >= 11 is 0. The van der Waals surface area contributed by atoms with Crippen molar-refractivity contribution in [1.29, 1.82) is 0 Å². The molecule has 2 saturated heterocycles. The molecule has 5 rings (SSSR count). The number of carbonyl (C=O) groups excluding carboxylic acids is 1. The predicted octanol–water partition coefficient (Wildman–Crippen LogP) is 2.06. The van der Waals surface area contributed by atoms with Crippen molar-refractivity contribution in [2.24, 2.45) is 13.0 Å². The first-order chi connectivity index (χ1) is 17.2. The van der Waals surface area contributed by atoms with Gasteiger partial charge < -0.3 is 24.1 Å². The second-order valence-corrected chi connectivity index (χ2v) is 9.80. The molecule has 2 aromatic rings. The molecule has 10 nitrogen and oxygen atoms in total. The summed E-state index contributed by atoms with van der Waals surface area (Å²) in [4.78, 5) is 29.1. The lowest BCUT2D eigenvalue weighted by Crippen LogP contribution is -2.47. The Kier molecular flexibility index (Phi) is 7.90. The topological polar surface area (TPSA) is 104 Å². The van der Waals surface area contributed by atoms with Gasteiger partial charge in [-0.3, -0.25) is 9.69 Å². The van der Waals surface area contributed by atoms with Gasteiger partial charge in [0, 0.05) is 51.5 Å². The largest absolute Gasteiger partial charge is 0.477 e. The van der Waals surface area contributed by atoms with E-state index in [2.05, 4.69) is 25.2 Å². The molecule has 2 aliphatic heterocycles. The van der Waals surface area contributed by atoms with E-state index in [-0.39, 0.29) is 11.9 Å². The first-order valence-electron chi connectivity index (χ1n) is 12.8. The van der Waals surface area contributed by atoms with Crippen molar-refractivity contribution in [1.82, 2.24) is 29.7 Å². The highest BCUT2D eigenvalue weighted by Crippen LogP contribution is 2.25. The number of hydrogen-bond acceptors (Lipinski definition) is 8. The summed E-state index contributed by atoms with van der Waals surface area (Å²) < 4.78 is 18.8. The summed E-state index contributed by atoms with van der Waals surface area (Å²) in [7, 11) is 1.88. The van der Waals surface area contributed by atoms with E-state index in [1.807, 2.05) is 11.6 Å². The highest BCUT2D eigenvalue weighted by atomic mass is 16.5. The van der Waals surface area contributed by atoms with Crippen molar-refractivity contribution in [3.05, 3.63) is 24.3 Å². The number of aryl methyl sites for hydroxylation is 1. The summed E-state index contributed by atoms with van der Waals surface area (Å²) in [5.74, 6) is 1.11. The smallest absolute Gasteiger partial charge is 0.270 e. The van der Waals surface area contributed by atoms with Gasteiger partial charge in [0.1, 0.15) is 11.4 Å². The molecule has 190 valence electrons. The van der Waals surface area contributed by atoms with Crippen LogP contribution in [-0.4, -0.2) is 88.5 Å². The van der Waals surface area contributed by atoms with Crippen molar-refractivity contribution in [2.75, 3.05) is 46.1 Å². The van der Waals surface area contributed by atoms with Gasteiger partial charge in [-0.25, -0.2) is 9.97 Å². The summed E-state index contributed by atoms with van der Waals surface area (Å²) in [6.07, 6.45) is 9.47. The van der Waals surface area contributed by atoms with E-state index >= 15 is 0 Å². The lowest BCUT2D eigenvalue weighted by atomic mass is 9.90. The molecule has 1 saturated carbocycles. The van der Waals surface area contributed by atoms with Crippen molar-refractivity contribution in [2.45, 2.75) is 50.6 Å². The molecule has 0 bridgehead atoms. The molecular formula is C25H36N6O4. The molecule has 1 N–H and O–H groups in total. The Hall–Kier alpha value is -2.56. The Morgan fingerprint density at radius 1 is 1.06 bits per heavy atom. The average molecular weight is 485 g/mol. The van der Waals surface area contributed by atoms with Crippen LogP contribution in [0.2, 0.25) is 0 Å². The van der Waals surface area contributed by atoms with E-state index in [0.717, 1.165) is 83.7 Å². The standard InChI is InChI=1S/C25H36N6O4/c1-30-17-26-15-22(30)24-28-21(14-23(29-24)35-16-18-6-10-33-11-7-18)25(32)27-19-2-4-20(5-3-19)31-8-12-34-13-9-31/h14-15,17-20H,2-13,16H2,1H3,(H,27,32). The molecule has 0 unspecified atom stereocenters. The number of amides is 1. The van der Waals surface area contributed by atoms with E-state index in [1.165, 1.54) is 0 Å². The minimum Gasteiger partial charge on any atom is -0.477 e. The van der Waals surface area contributed by atoms with Crippen LogP contribution in [0.15, 0.2) is 18.6 Å². The van der Waals surface area contributed by atoms with Crippen LogP contribution < -0.4 is 10.1 Å². The summed E-state index contributed by atoms with van der Waals surface area (Å²) in [5, 5.41) is 3.21. The maximum Gasteiger partial charge on any atom is 0.270 e. The van der Waals surface area contributed by atoms with Crippen molar-refractivity contribution >= 4 is 5.91 Å². The van der Waals surface area contributed by atoms with Gasteiger partial charge in [0.15, 0.2) is 5.82 Å². The fourth-order valence-electron chi connectivity index (χ4n) is 5.21. The van der Waals surface area contributed by atoms with Crippen molar-refractivity contribution in [3.63, 3.8) is 0 Å². The van der Waals surface area contributed by atoms with Crippen LogP contribution in [0.1, 0.15) is 49.0 Å². The fraction of sp³-hybridized carbons (Fsp3) is 0.680. The number of rotatable bonds is 7. The summed E-state index contributed by atoms with van der Waals surface area (Å²) in [6, 6.07) is 2.41. The first kappa shape index (κ1) is 24.1. The monoisotopic (exact) mass is 484 g/mol. The third kappa shape index (κ3) is 6.17. The van der Waals surface area contributed by atoms with Gasteiger partial charge in [0.05, 0.1) is 32.3 Å². The average Bonchev–Trinajstić information content (AvgIpc) is 3.34. The van der Waals surface area contributed by atoms with Crippen LogP contribution in [0, 0.1) is 5.92 Å². The molecule has 0 atom stereocenters. The van der Waals surface area contributed by atoms with Crippen molar-refractivity contribution < 1.29 is 19.0 Å². The van der Waals surface area contributed by atoms with Gasteiger partial charge in [-0.15, -0.1) is 0 Å². The quantitative estimate of drug-likeness (QED) is 0.637. The van der Waals surface area contributed by atoms with E-state index in [0.29, 0.717) is 36.0 Å². The molecule has 35 heavy (non-hydrogen) atoms. The zero-order valence-corrected chi connectivity index (χ0v) is 20.5. The van der Waals surface area contributed by atoms with E-state index < -0.39 is 0 Å². The molecule has 2 aromatic heterocycles. The van der Waals surface area contributed by atoms with E-state index in [4.69, 9.17) is 14.2 Å². The van der Waals surface area contributed by atoms with Crippen LogP contribution in [-0.2, 0) is 16.5 Å². The Balaban J connectivity index is 1.25. The zero-order valence-electron chi connectivity index (χ0n) is 20.5. The zero-order chi connectivity index (χ0) is 24.0. The predicted molar refractivity (Wildman–Crippen MR) is 129 cm³/mol. The Labute approximate surface area is 206 Å². The van der Waals surface area contributed by atoms with Gasteiger partial charge in [-0.1, -0.05) is 0 Å². The molecule has 3 aliphatic rings. The van der Waals surface area contributed by atoms with Gasteiger partial charge >= 0.3 is 0 Å². The molecule has 1 amide bonds. The lowest BCUT2D eigenvalue weighted by Gasteiger charge is -2.38.